The Morgan fingerprint density at radius 1 is 0.846 bits per heavy atom. The summed E-state index contributed by atoms with van der Waals surface area (Å²) in [4.78, 5) is 30.8. The number of carbonyl (C=O) groups excluding carboxylic acids is 2. The molecule has 0 saturated carbocycles. The summed E-state index contributed by atoms with van der Waals surface area (Å²) in [6.07, 6.45) is -4.85. The number of thioether (sulfide) groups is 1. The van der Waals surface area contributed by atoms with Gasteiger partial charge in [-0.15, -0.1) is 23.1 Å². The standard InChI is InChI=1S/C37H33F3N4O5S3/c38-37(39,40)32-23-31(13-14-33(32)41-15-20-50-30-7-2-1-3-8-30)52(48,49)42-35(46)25-9-11-28(12-10-25)43-16-18-44(19-17-43)36(47)34-22-27(24-51-34)26-5-4-6-29(45)21-26/h1-14,21-24,41,45H,15-20H2,(H,42,46). The molecule has 2 heterocycles. The molecule has 4 aromatic carbocycles. The smallest absolute Gasteiger partial charge is 0.418 e. The highest BCUT2D eigenvalue weighted by atomic mass is 32.2. The Hall–Kier alpha value is -4.99. The molecule has 1 aliphatic rings. The monoisotopic (exact) mass is 766 g/mol. The molecule has 0 aliphatic carbocycles. The van der Waals surface area contributed by atoms with Crippen molar-refractivity contribution in [3.8, 4) is 16.9 Å². The molecule has 0 radical (unpaired) electrons. The van der Waals surface area contributed by atoms with Gasteiger partial charge in [-0.2, -0.15) is 13.2 Å². The predicted octanol–water partition coefficient (Wildman–Crippen LogP) is 7.42. The van der Waals surface area contributed by atoms with Crippen LogP contribution in [0.2, 0.25) is 0 Å². The van der Waals surface area contributed by atoms with Crippen LogP contribution in [0.5, 0.6) is 5.75 Å². The third-order valence-electron chi connectivity index (χ3n) is 8.31. The Morgan fingerprint density at radius 2 is 1.58 bits per heavy atom. The number of anilines is 2. The number of halogens is 3. The number of hydrogen-bond acceptors (Lipinski definition) is 9. The number of sulfonamides is 1. The van der Waals surface area contributed by atoms with Crippen LogP contribution in [0.1, 0.15) is 25.6 Å². The Balaban J connectivity index is 1.03. The Bertz CT molecular complexity index is 2150. The van der Waals surface area contributed by atoms with Gasteiger partial charge < -0.3 is 20.2 Å². The highest BCUT2D eigenvalue weighted by molar-refractivity contribution is 7.99. The summed E-state index contributed by atoms with van der Waals surface area (Å²) in [5.41, 5.74) is 1.00. The van der Waals surface area contributed by atoms with Crippen LogP contribution < -0.4 is 14.9 Å². The van der Waals surface area contributed by atoms with Crippen molar-refractivity contribution in [2.24, 2.45) is 0 Å². The van der Waals surface area contributed by atoms with E-state index in [1.807, 2.05) is 57.5 Å². The molecule has 5 aromatic rings. The molecule has 9 nitrogen and oxygen atoms in total. The first-order valence-corrected chi connectivity index (χ1v) is 19.4. The fourth-order valence-corrected chi connectivity index (χ4v) is 8.30. The second-order valence-electron chi connectivity index (χ2n) is 11.8. The van der Waals surface area contributed by atoms with Crippen LogP contribution in [0, 0.1) is 0 Å². The van der Waals surface area contributed by atoms with E-state index in [2.05, 4.69) is 5.32 Å². The molecule has 15 heteroatoms. The van der Waals surface area contributed by atoms with Crippen LogP contribution >= 0.6 is 23.1 Å². The molecule has 1 aromatic heterocycles. The molecule has 0 unspecified atom stereocenters. The summed E-state index contributed by atoms with van der Waals surface area (Å²) in [5.74, 6) is -0.452. The number of thiophene rings is 1. The van der Waals surface area contributed by atoms with Gasteiger partial charge in [0.15, 0.2) is 0 Å². The van der Waals surface area contributed by atoms with Crippen molar-refractivity contribution in [1.29, 1.82) is 0 Å². The van der Waals surface area contributed by atoms with Crippen LogP contribution in [0.4, 0.5) is 24.5 Å². The molecule has 0 spiro atoms. The fraction of sp³-hybridized carbons (Fsp3) is 0.189. The van der Waals surface area contributed by atoms with Crippen LogP contribution in [-0.2, 0) is 16.2 Å². The number of rotatable bonds is 11. The maximum atomic E-state index is 14.0. The first-order valence-electron chi connectivity index (χ1n) is 16.1. The van der Waals surface area contributed by atoms with E-state index in [-0.39, 0.29) is 29.5 Å². The molecule has 1 saturated heterocycles. The lowest BCUT2D eigenvalue weighted by atomic mass is 10.1. The minimum absolute atomic E-state index is 0.00613. The van der Waals surface area contributed by atoms with Gasteiger partial charge in [-0.1, -0.05) is 30.3 Å². The molecule has 1 aliphatic heterocycles. The van der Waals surface area contributed by atoms with Crippen molar-refractivity contribution in [1.82, 2.24) is 9.62 Å². The Morgan fingerprint density at radius 3 is 2.27 bits per heavy atom. The summed E-state index contributed by atoms with van der Waals surface area (Å²) in [5, 5.41) is 14.4. The first kappa shape index (κ1) is 36.8. The number of amides is 2. The molecule has 52 heavy (non-hydrogen) atoms. The summed E-state index contributed by atoms with van der Waals surface area (Å²) in [7, 11) is -4.64. The molecule has 2 amide bonds. The van der Waals surface area contributed by atoms with Crippen LogP contribution in [-0.4, -0.2) is 68.7 Å². The lowest BCUT2D eigenvalue weighted by Crippen LogP contribution is -2.48. The van der Waals surface area contributed by atoms with Gasteiger partial charge in [0.2, 0.25) is 0 Å². The van der Waals surface area contributed by atoms with Crippen LogP contribution in [0.15, 0.2) is 118 Å². The van der Waals surface area contributed by atoms with Gasteiger partial charge in [-0.05, 0) is 89.3 Å². The Labute approximate surface area is 307 Å². The molecule has 0 atom stereocenters. The maximum absolute atomic E-state index is 14.0. The second-order valence-corrected chi connectivity index (χ2v) is 15.6. The molecule has 0 bridgehead atoms. The SMILES string of the molecule is O=C(NS(=O)(=O)c1ccc(NCCSc2ccccc2)c(C(F)(F)F)c1)c1ccc(N2CCN(C(=O)c3cc(-c4cccc(O)c4)cs3)CC2)cc1. The number of hydrogen-bond donors (Lipinski definition) is 3. The average molecular weight is 767 g/mol. The number of carbonyl (C=O) groups is 2. The van der Waals surface area contributed by atoms with Crippen molar-refractivity contribution in [3.63, 3.8) is 0 Å². The van der Waals surface area contributed by atoms with Crippen molar-refractivity contribution >= 4 is 56.3 Å². The zero-order valence-corrected chi connectivity index (χ0v) is 29.9. The number of phenols is 1. The maximum Gasteiger partial charge on any atom is 0.418 e. The minimum Gasteiger partial charge on any atom is -0.508 e. The average Bonchev–Trinajstić information content (AvgIpc) is 3.64. The van der Waals surface area contributed by atoms with E-state index in [0.29, 0.717) is 42.9 Å². The third-order valence-corrected chi connectivity index (χ3v) is 11.6. The van der Waals surface area contributed by atoms with E-state index >= 15 is 0 Å². The largest absolute Gasteiger partial charge is 0.508 e. The van der Waals surface area contributed by atoms with Crippen molar-refractivity contribution < 1.29 is 36.3 Å². The van der Waals surface area contributed by atoms with Crippen LogP contribution in [0.3, 0.4) is 0 Å². The quantitative estimate of drug-likeness (QED) is 0.0940. The fourth-order valence-electron chi connectivity index (χ4n) is 5.62. The van der Waals surface area contributed by atoms with Crippen molar-refractivity contribution in [2.75, 3.05) is 48.7 Å². The number of phenolic OH excluding ortho intramolecular Hbond substituents is 1. The summed E-state index contributed by atoms with van der Waals surface area (Å²) in [6.45, 7) is 2.16. The molecular formula is C37H33F3N4O5S3. The number of nitrogens with one attached hydrogen (secondary N) is 2. The van der Waals surface area contributed by atoms with Gasteiger partial charge in [-0.3, -0.25) is 9.59 Å². The summed E-state index contributed by atoms with van der Waals surface area (Å²) in [6, 6.07) is 26.8. The predicted molar refractivity (Wildman–Crippen MR) is 198 cm³/mol. The van der Waals surface area contributed by atoms with Gasteiger partial charge in [0.1, 0.15) is 5.75 Å². The molecule has 3 N–H and O–H groups in total. The van der Waals surface area contributed by atoms with Gasteiger partial charge in [0.05, 0.1) is 15.3 Å². The zero-order valence-electron chi connectivity index (χ0n) is 27.5. The lowest BCUT2D eigenvalue weighted by Gasteiger charge is -2.36. The summed E-state index contributed by atoms with van der Waals surface area (Å²) < 4.78 is 69.8. The van der Waals surface area contributed by atoms with Gasteiger partial charge in [0.25, 0.3) is 21.8 Å². The lowest BCUT2D eigenvalue weighted by molar-refractivity contribution is -0.137. The van der Waals surface area contributed by atoms with E-state index in [9.17, 15) is 36.3 Å². The molecule has 6 rings (SSSR count). The number of nitrogens with zero attached hydrogens (tertiary/aromatic N) is 2. The third kappa shape index (κ3) is 8.89. The Kier molecular flexibility index (Phi) is 11.1. The molecule has 270 valence electrons. The van der Waals surface area contributed by atoms with E-state index in [4.69, 9.17) is 0 Å². The number of alkyl halides is 3. The van der Waals surface area contributed by atoms with E-state index in [1.165, 1.54) is 35.2 Å². The van der Waals surface area contributed by atoms with Gasteiger partial charge in [0, 0.05) is 60.3 Å². The molecule has 1 fully saturated rings. The number of benzene rings is 4. The van der Waals surface area contributed by atoms with E-state index < -0.39 is 32.6 Å². The van der Waals surface area contributed by atoms with E-state index in [0.717, 1.165) is 33.8 Å². The highest BCUT2D eigenvalue weighted by Crippen LogP contribution is 2.36. The number of aromatic hydroxyl groups is 1. The normalized spacial score (nSPS) is 13.5. The van der Waals surface area contributed by atoms with Gasteiger partial charge in [-0.25, -0.2) is 13.1 Å². The van der Waals surface area contributed by atoms with Crippen LogP contribution in [0.25, 0.3) is 11.1 Å². The second kappa shape index (κ2) is 15.7. The number of piperazine rings is 1. The highest BCUT2D eigenvalue weighted by Gasteiger charge is 2.35. The zero-order chi connectivity index (χ0) is 36.9. The minimum atomic E-state index is -4.85. The first-order chi connectivity index (χ1) is 24.9. The molecular weight excluding hydrogens is 734 g/mol. The van der Waals surface area contributed by atoms with Crippen molar-refractivity contribution in [2.45, 2.75) is 16.0 Å². The summed E-state index contributed by atoms with van der Waals surface area (Å²) >= 11 is 2.81. The van der Waals surface area contributed by atoms with Crippen molar-refractivity contribution in [3.05, 3.63) is 125 Å². The van der Waals surface area contributed by atoms with Gasteiger partial charge >= 0.3 is 6.18 Å². The van der Waals surface area contributed by atoms with E-state index in [1.54, 1.807) is 35.2 Å². The topological polar surface area (TPSA) is 119 Å².